The van der Waals surface area contributed by atoms with E-state index in [1.165, 1.54) is 10.8 Å². The third kappa shape index (κ3) is 1.97. The molecular formula is C15H12N2. The lowest BCUT2D eigenvalue weighted by molar-refractivity contribution is 1.31. The van der Waals surface area contributed by atoms with Crippen LogP contribution in [0.5, 0.6) is 0 Å². The highest BCUT2D eigenvalue weighted by atomic mass is 15.0. The largest absolute Gasteiger partial charge is 0.340 e. The number of hydrogen-bond acceptors (Lipinski definition) is 2. The molecular weight excluding hydrogens is 208 g/mol. The van der Waals surface area contributed by atoms with Crippen molar-refractivity contribution in [3.8, 4) is 0 Å². The third-order valence-electron chi connectivity index (χ3n) is 2.72. The van der Waals surface area contributed by atoms with Crippen LogP contribution in [-0.4, -0.2) is 4.98 Å². The summed E-state index contributed by atoms with van der Waals surface area (Å²) < 4.78 is 0. The number of benzene rings is 2. The molecule has 0 saturated heterocycles. The minimum absolute atomic E-state index is 0.865. The minimum atomic E-state index is 0.865. The van der Waals surface area contributed by atoms with Gasteiger partial charge < -0.3 is 5.32 Å². The molecule has 82 valence electrons. The maximum atomic E-state index is 4.27. The van der Waals surface area contributed by atoms with Crippen LogP contribution in [0, 0.1) is 0 Å². The zero-order chi connectivity index (χ0) is 11.5. The average Bonchev–Trinajstić information content (AvgIpc) is 2.40. The Balaban J connectivity index is 2.06. The quantitative estimate of drug-likeness (QED) is 0.706. The smallest absolute Gasteiger partial charge is 0.130 e. The molecule has 1 heterocycles. The molecule has 0 aliphatic heterocycles. The van der Waals surface area contributed by atoms with Crippen molar-refractivity contribution in [1.29, 1.82) is 0 Å². The molecule has 0 aliphatic carbocycles. The Labute approximate surface area is 99.9 Å². The van der Waals surface area contributed by atoms with Crippen molar-refractivity contribution in [1.82, 2.24) is 4.98 Å². The first-order chi connectivity index (χ1) is 8.43. The Bertz CT molecular complexity index is 627. The number of rotatable bonds is 2. The number of pyridine rings is 1. The summed E-state index contributed by atoms with van der Waals surface area (Å²) in [6.07, 6.45) is 1.79. The maximum Gasteiger partial charge on any atom is 0.130 e. The normalized spacial score (nSPS) is 10.4. The van der Waals surface area contributed by atoms with Crippen molar-refractivity contribution in [2.75, 3.05) is 5.32 Å². The molecule has 3 aromatic rings. The number of nitrogens with zero attached hydrogens (tertiary/aromatic N) is 1. The maximum absolute atomic E-state index is 4.27. The van der Waals surface area contributed by atoms with Gasteiger partial charge >= 0.3 is 0 Å². The Morgan fingerprint density at radius 3 is 2.47 bits per heavy atom. The first kappa shape index (κ1) is 9.85. The molecule has 0 unspecified atom stereocenters. The molecule has 1 N–H and O–H groups in total. The lowest BCUT2D eigenvalue weighted by Crippen LogP contribution is -1.93. The Kier molecular flexibility index (Phi) is 2.47. The predicted octanol–water partition coefficient (Wildman–Crippen LogP) is 3.98. The fourth-order valence-corrected chi connectivity index (χ4v) is 1.91. The van der Waals surface area contributed by atoms with Gasteiger partial charge in [-0.3, -0.25) is 0 Å². The van der Waals surface area contributed by atoms with E-state index in [2.05, 4.69) is 34.6 Å². The second kappa shape index (κ2) is 4.26. The lowest BCUT2D eigenvalue weighted by Gasteiger charge is -2.08. The molecule has 3 rings (SSSR count). The van der Waals surface area contributed by atoms with Crippen LogP contribution in [0.2, 0.25) is 0 Å². The van der Waals surface area contributed by atoms with Crippen LogP contribution in [-0.2, 0) is 0 Å². The summed E-state index contributed by atoms with van der Waals surface area (Å²) in [6, 6.07) is 20.4. The van der Waals surface area contributed by atoms with Gasteiger partial charge in [0, 0.05) is 17.3 Å². The van der Waals surface area contributed by atoms with E-state index in [1.807, 2.05) is 36.4 Å². The molecule has 0 amide bonds. The van der Waals surface area contributed by atoms with Gasteiger partial charge in [0.05, 0.1) is 0 Å². The van der Waals surface area contributed by atoms with E-state index in [1.54, 1.807) is 6.20 Å². The van der Waals surface area contributed by atoms with Crippen LogP contribution >= 0.6 is 0 Å². The number of anilines is 2. The fraction of sp³-hybridized carbons (Fsp3) is 0. The first-order valence-electron chi connectivity index (χ1n) is 5.59. The molecule has 0 bridgehead atoms. The summed E-state index contributed by atoms with van der Waals surface area (Å²) in [5, 5.41) is 5.77. The molecule has 0 aliphatic rings. The number of hydrogen-bond donors (Lipinski definition) is 1. The van der Waals surface area contributed by atoms with Crippen molar-refractivity contribution in [2.45, 2.75) is 0 Å². The van der Waals surface area contributed by atoms with E-state index >= 15 is 0 Å². The van der Waals surface area contributed by atoms with Crippen LogP contribution in [0.1, 0.15) is 0 Å². The van der Waals surface area contributed by atoms with Gasteiger partial charge in [0.15, 0.2) is 0 Å². The van der Waals surface area contributed by atoms with E-state index < -0.39 is 0 Å². The SMILES string of the molecule is c1ccc(Nc2cccc3ccccc23)nc1. The highest BCUT2D eigenvalue weighted by molar-refractivity contribution is 5.95. The van der Waals surface area contributed by atoms with E-state index in [0.29, 0.717) is 0 Å². The van der Waals surface area contributed by atoms with Crippen molar-refractivity contribution >= 4 is 22.3 Å². The average molecular weight is 220 g/mol. The first-order valence-corrected chi connectivity index (χ1v) is 5.59. The Morgan fingerprint density at radius 2 is 1.59 bits per heavy atom. The van der Waals surface area contributed by atoms with Crippen molar-refractivity contribution < 1.29 is 0 Å². The van der Waals surface area contributed by atoms with Crippen molar-refractivity contribution in [2.24, 2.45) is 0 Å². The van der Waals surface area contributed by atoms with E-state index in [-0.39, 0.29) is 0 Å². The summed E-state index contributed by atoms with van der Waals surface area (Å²) in [6.45, 7) is 0. The standard InChI is InChI=1S/C15H12N2/c1-2-8-13-12(6-1)7-5-9-14(13)17-15-10-3-4-11-16-15/h1-11H,(H,16,17). The topological polar surface area (TPSA) is 24.9 Å². The summed E-state index contributed by atoms with van der Waals surface area (Å²) in [5.74, 6) is 0.865. The molecule has 17 heavy (non-hydrogen) atoms. The third-order valence-corrected chi connectivity index (χ3v) is 2.72. The van der Waals surface area contributed by atoms with Crippen LogP contribution in [0.4, 0.5) is 11.5 Å². The van der Waals surface area contributed by atoms with Crippen molar-refractivity contribution in [3.63, 3.8) is 0 Å². The monoisotopic (exact) mass is 220 g/mol. The number of aromatic nitrogens is 1. The van der Waals surface area contributed by atoms with Gasteiger partial charge in [-0.2, -0.15) is 0 Å². The number of fused-ring (bicyclic) bond motifs is 1. The number of nitrogens with one attached hydrogen (secondary N) is 1. The molecule has 0 fully saturated rings. The van der Waals surface area contributed by atoms with Gasteiger partial charge in [-0.05, 0) is 23.6 Å². The van der Waals surface area contributed by atoms with Gasteiger partial charge in [0.2, 0.25) is 0 Å². The van der Waals surface area contributed by atoms with Crippen LogP contribution in [0.25, 0.3) is 10.8 Å². The van der Waals surface area contributed by atoms with Gasteiger partial charge in [-0.15, -0.1) is 0 Å². The van der Waals surface area contributed by atoms with Crippen LogP contribution in [0.15, 0.2) is 66.9 Å². The van der Waals surface area contributed by atoms with Gasteiger partial charge in [-0.25, -0.2) is 4.98 Å². The van der Waals surface area contributed by atoms with Gasteiger partial charge in [0.25, 0.3) is 0 Å². The second-order valence-electron chi connectivity index (χ2n) is 3.87. The molecule has 0 spiro atoms. The molecule has 0 radical (unpaired) electrons. The van der Waals surface area contributed by atoms with Crippen LogP contribution < -0.4 is 5.32 Å². The van der Waals surface area contributed by atoms with E-state index in [4.69, 9.17) is 0 Å². The lowest BCUT2D eigenvalue weighted by atomic mass is 10.1. The molecule has 2 heteroatoms. The second-order valence-corrected chi connectivity index (χ2v) is 3.87. The highest BCUT2D eigenvalue weighted by Gasteiger charge is 2.00. The minimum Gasteiger partial charge on any atom is -0.340 e. The van der Waals surface area contributed by atoms with Crippen LogP contribution in [0.3, 0.4) is 0 Å². The zero-order valence-corrected chi connectivity index (χ0v) is 9.30. The van der Waals surface area contributed by atoms with Gasteiger partial charge in [0.1, 0.15) is 5.82 Å². The zero-order valence-electron chi connectivity index (χ0n) is 9.30. The van der Waals surface area contributed by atoms with E-state index in [0.717, 1.165) is 11.5 Å². The summed E-state index contributed by atoms with van der Waals surface area (Å²) in [7, 11) is 0. The Hall–Kier alpha value is -2.35. The van der Waals surface area contributed by atoms with E-state index in [9.17, 15) is 0 Å². The molecule has 1 aromatic heterocycles. The Morgan fingerprint density at radius 1 is 0.765 bits per heavy atom. The summed E-state index contributed by atoms with van der Waals surface area (Å²) in [4.78, 5) is 4.27. The molecule has 2 nitrogen and oxygen atoms in total. The fourth-order valence-electron chi connectivity index (χ4n) is 1.91. The molecule has 0 atom stereocenters. The van der Waals surface area contributed by atoms with Crippen molar-refractivity contribution in [3.05, 3.63) is 66.9 Å². The highest BCUT2D eigenvalue weighted by Crippen LogP contribution is 2.25. The van der Waals surface area contributed by atoms with Gasteiger partial charge in [-0.1, -0.05) is 42.5 Å². The molecule has 0 saturated carbocycles. The summed E-state index contributed by atoms with van der Waals surface area (Å²) >= 11 is 0. The predicted molar refractivity (Wildman–Crippen MR) is 71.5 cm³/mol. The molecule has 2 aromatic carbocycles. The summed E-state index contributed by atoms with van der Waals surface area (Å²) in [5.41, 5.74) is 1.09.